The molecule has 0 spiro atoms. The Bertz CT molecular complexity index is 963. The summed E-state index contributed by atoms with van der Waals surface area (Å²) < 4.78 is 11.4. The topological polar surface area (TPSA) is 39.4 Å². The van der Waals surface area contributed by atoms with Gasteiger partial charge in [0, 0.05) is 5.56 Å². The monoisotopic (exact) mass is 336 g/mol. The van der Waals surface area contributed by atoms with Gasteiger partial charge in [0.05, 0.1) is 12.0 Å². The number of aryl methyl sites for hydroxylation is 1. The SMILES string of the molecule is CCOc1cc(-c2ccc(C(C)C)cc2)cc2oc(=O)c(C)c(C)c12. The van der Waals surface area contributed by atoms with E-state index in [4.69, 9.17) is 9.15 Å². The highest BCUT2D eigenvalue weighted by atomic mass is 16.5. The van der Waals surface area contributed by atoms with Crippen LogP contribution < -0.4 is 10.4 Å². The van der Waals surface area contributed by atoms with Crippen molar-refractivity contribution in [1.29, 1.82) is 0 Å². The van der Waals surface area contributed by atoms with Crippen molar-refractivity contribution in [3.63, 3.8) is 0 Å². The van der Waals surface area contributed by atoms with Gasteiger partial charge in [-0.15, -0.1) is 0 Å². The van der Waals surface area contributed by atoms with Gasteiger partial charge in [-0.3, -0.25) is 0 Å². The van der Waals surface area contributed by atoms with Gasteiger partial charge >= 0.3 is 5.63 Å². The quantitative estimate of drug-likeness (QED) is 0.582. The summed E-state index contributed by atoms with van der Waals surface area (Å²) in [7, 11) is 0. The van der Waals surface area contributed by atoms with E-state index in [1.165, 1.54) is 5.56 Å². The molecule has 3 nitrogen and oxygen atoms in total. The number of fused-ring (bicyclic) bond motifs is 1. The van der Waals surface area contributed by atoms with E-state index in [1.807, 2.05) is 26.0 Å². The minimum atomic E-state index is -0.292. The van der Waals surface area contributed by atoms with Gasteiger partial charge in [-0.05, 0) is 61.1 Å². The number of rotatable bonds is 4. The van der Waals surface area contributed by atoms with E-state index in [2.05, 4.69) is 38.1 Å². The molecule has 1 heterocycles. The Kier molecular flexibility index (Phi) is 4.67. The van der Waals surface area contributed by atoms with Crippen LogP contribution in [0.2, 0.25) is 0 Å². The van der Waals surface area contributed by atoms with Crippen LogP contribution in [0.4, 0.5) is 0 Å². The van der Waals surface area contributed by atoms with Crippen LogP contribution in [0.1, 0.15) is 43.4 Å². The Hall–Kier alpha value is -2.55. The van der Waals surface area contributed by atoms with Crippen molar-refractivity contribution in [2.24, 2.45) is 0 Å². The van der Waals surface area contributed by atoms with Crippen LogP contribution in [0, 0.1) is 13.8 Å². The maximum Gasteiger partial charge on any atom is 0.339 e. The average Bonchev–Trinajstić information content (AvgIpc) is 2.59. The number of hydrogen-bond acceptors (Lipinski definition) is 3. The van der Waals surface area contributed by atoms with E-state index in [9.17, 15) is 4.79 Å². The molecule has 25 heavy (non-hydrogen) atoms. The zero-order valence-corrected chi connectivity index (χ0v) is 15.5. The predicted molar refractivity (Wildman–Crippen MR) is 103 cm³/mol. The van der Waals surface area contributed by atoms with Gasteiger partial charge in [0.25, 0.3) is 0 Å². The van der Waals surface area contributed by atoms with E-state index in [-0.39, 0.29) is 5.63 Å². The lowest BCUT2D eigenvalue weighted by Crippen LogP contribution is -2.07. The standard InChI is InChI=1S/C22H24O3/c1-6-24-19-11-18(17-9-7-16(8-10-17)13(2)3)12-20-21(19)14(4)15(5)22(23)25-20/h7-13H,6H2,1-5H3. The van der Waals surface area contributed by atoms with Crippen LogP contribution in [0.3, 0.4) is 0 Å². The Balaban J connectivity index is 2.23. The van der Waals surface area contributed by atoms with Crippen molar-refractivity contribution in [3.05, 3.63) is 63.5 Å². The smallest absolute Gasteiger partial charge is 0.339 e. The third-order valence-electron chi connectivity index (χ3n) is 4.72. The van der Waals surface area contributed by atoms with Crippen LogP contribution in [0.15, 0.2) is 45.6 Å². The Morgan fingerprint density at radius 3 is 2.28 bits per heavy atom. The molecule has 0 aliphatic rings. The van der Waals surface area contributed by atoms with Crippen LogP contribution in [-0.4, -0.2) is 6.61 Å². The lowest BCUT2D eigenvalue weighted by molar-refractivity contribution is 0.343. The van der Waals surface area contributed by atoms with Crippen LogP contribution in [-0.2, 0) is 0 Å². The highest BCUT2D eigenvalue weighted by Crippen LogP contribution is 2.35. The molecular formula is C22H24O3. The van der Waals surface area contributed by atoms with Gasteiger partial charge in [-0.2, -0.15) is 0 Å². The van der Waals surface area contributed by atoms with E-state index in [1.54, 1.807) is 6.92 Å². The fourth-order valence-corrected chi connectivity index (χ4v) is 3.05. The second kappa shape index (κ2) is 6.75. The van der Waals surface area contributed by atoms with Gasteiger partial charge in [0.1, 0.15) is 11.3 Å². The predicted octanol–water partition coefficient (Wildman–Crippen LogP) is 5.60. The number of ether oxygens (including phenoxy) is 1. The van der Waals surface area contributed by atoms with E-state index >= 15 is 0 Å². The molecule has 0 aliphatic carbocycles. The van der Waals surface area contributed by atoms with Crippen LogP contribution >= 0.6 is 0 Å². The minimum Gasteiger partial charge on any atom is -0.493 e. The van der Waals surface area contributed by atoms with Crippen LogP contribution in [0.25, 0.3) is 22.1 Å². The van der Waals surface area contributed by atoms with Crippen molar-refractivity contribution in [3.8, 4) is 16.9 Å². The van der Waals surface area contributed by atoms with Gasteiger partial charge in [-0.25, -0.2) is 4.79 Å². The summed E-state index contributed by atoms with van der Waals surface area (Å²) in [6.07, 6.45) is 0. The molecule has 0 N–H and O–H groups in total. The molecule has 0 unspecified atom stereocenters. The molecule has 3 aromatic rings. The maximum atomic E-state index is 12.1. The minimum absolute atomic E-state index is 0.292. The van der Waals surface area contributed by atoms with Gasteiger partial charge in [0.15, 0.2) is 0 Å². The van der Waals surface area contributed by atoms with Gasteiger partial charge in [0.2, 0.25) is 0 Å². The van der Waals surface area contributed by atoms with Crippen molar-refractivity contribution in [1.82, 2.24) is 0 Å². The van der Waals surface area contributed by atoms with E-state index in [0.717, 1.165) is 27.8 Å². The molecule has 1 aromatic heterocycles. The second-order valence-electron chi connectivity index (χ2n) is 6.70. The van der Waals surface area contributed by atoms with Crippen molar-refractivity contribution < 1.29 is 9.15 Å². The van der Waals surface area contributed by atoms with E-state index < -0.39 is 0 Å². The van der Waals surface area contributed by atoms with Gasteiger partial charge < -0.3 is 9.15 Å². The molecule has 0 aliphatic heterocycles. The van der Waals surface area contributed by atoms with Crippen LogP contribution in [0.5, 0.6) is 5.75 Å². The molecule has 0 bridgehead atoms. The fourth-order valence-electron chi connectivity index (χ4n) is 3.05. The lowest BCUT2D eigenvalue weighted by Gasteiger charge is -2.13. The normalized spacial score (nSPS) is 11.3. The zero-order valence-electron chi connectivity index (χ0n) is 15.5. The highest BCUT2D eigenvalue weighted by Gasteiger charge is 2.15. The lowest BCUT2D eigenvalue weighted by atomic mass is 9.97. The number of hydrogen-bond donors (Lipinski definition) is 0. The summed E-state index contributed by atoms with van der Waals surface area (Å²) in [5.74, 6) is 1.25. The molecule has 3 heteroatoms. The largest absolute Gasteiger partial charge is 0.493 e. The Morgan fingerprint density at radius 2 is 1.68 bits per heavy atom. The van der Waals surface area contributed by atoms with Crippen molar-refractivity contribution in [2.75, 3.05) is 6.61 Å². The third-order valence-corrected chi connectivity index (χ3v) is 4.72. The molecule has 0 saturated heterocycles. The van der Waals surface area contributed by atoms with Crippen molar-refractivity contribution in [2.45, 2.75) is 40.5 Å². The highest BCUT2D eigenvalue weighted by molar-refractivity contribution is 5.91. The summed E-state index contributed by atoms with van der Waals surface area (Å²) in [4.78, 5) is 12.1. The molecule has 3 rings (SSSR count). The first-order valence-corrected chi connectivity index (χ1v) is 8.73. The average molecular weight is 336 g/mol. The first-order chi connectivity index (χ1) is 11.9. The molecular weight excluding hydrogens is 312 g/mol. The molecule has 0 amide bonds. The number of benzene rings is 2. The molecule has 2 aromatic carbocycles. The molecule has 130 valence electrons. The first kappa shape index (κ1) is 17.3. The summed E-state index contributed by atoms with van der Waals surface area (Å²) in [6, 6.07) is 12.4. The van der Waals surface area contributed by atoms with Crippen molar-refractivity contribution >= 4 is 11.0 Å². The molecule has 0 fully saturated rings. The second-order valence-corrected chi connectivity index (χ2v) is 6.70. The zero-order chi connectivity index (χ0) is 18.1. The molecule has 0 atom stereocenters. The summed E-state index contributed by atoms with van der Waals surface area (Å²) in [5, 5.41) is 0.876. The summed E-state index contributed by atoms with van der Waals surface area (Å²) in [6.45, 7) is 10.6. The van der Waals surface area contributed by atoms with Gasteiger partial charge in [-0.1, -0.05) is 38.1 Å². The third kappa shape index (κ3) is 3.19. The first-order valence-electron chi connectivity index (χ1n) is 8.73. The summed E-state index contributed by atoms with van der Waals surface area (Å²) in [5.41, 5.74) is 5.18. The van der Waals surface area contributed by atoms with E-state index in [0.29, 0.717) is 23.7 Å². The fraction of sp³-hybridized carbons (Fsp3) is 0.318. The molecule has 0 radical (unpaired) electrons. The maximum absolute atomic E-state index is 12.1. The molecule has 0 saturated carbocycles. The Labute approximate surface area is 148 Å². The Morgan fingerprint density at radius 1 is 1.00 bits per heavy atom. The summed E-state index contributed by atoms with van der Waals surface area (Å²) >= 11 is 0.